The van der Waals surface area contributed by atoms with Gasteiger partial charge < -0.3 is 19.7 Å². The number of hydrogen-bond acceptors (Lipinski definition) is 5. The molecule has 1 aromatic carbocycles. The first-order valence-corrected chi connectivity index (χ1v) is 8.39. The lowest BCUT2D eigenvalue weighted by Crippen LogP contribution is -2.44. The normalized spacial score (nSPS) is 17.3. The van der Waals surface area contributed by atoms with Crippen molar-refractivity contribution >= 4 is 5.91 Å². The van der Waals surface area contributed by atoms with E-state index in [1.807, 2.05) is 37.5 Å². The summed E-state index contributed by atoms with van der Waals surface area (Å²) in [4.78, 5) is 14.1. The lowest BCUT2D eigenvalue weighted by molar-refractivity contribution is -0.131. The first-order valence-electron chi connectivity index (χ1n) is 8.39. The van der Waals surface area contributed by atoms with Crippen molar-refractivity contribution in [3.05, 3.63) is 42.2 Å². The Bertz CT molecular complexity index is 710. The minimum absolute atomic E-state index is 0.0946. The Morgan fingerprint density at radius 3 is 3.16 bits per heavy atom. The van der Waals surface area contributed by atoms with Crippen LogP contribution in [-0.2, 0) is 16.1 Å². The molecule has 1 N–H and O–H groups in total. The van der Waals surface area contributed by atoms with Gasteiger partial charge in [0.1, 0.15) is 5.75 Å². The molecular weight excluding hydrogens is 320 g/mol. The number of methoxy groups -OCH3 is 1. The molecule has 1 fully saturated rings. The lowest BCUT2D eigenvalue weighted by atomic mass is 10.2. The quantitative estimate of drug-likeness (QED) is 0.853. The summed E-state index contributed by atoms with van der Waals surface area (Å²) in [7, 11) is 3.45. The summed E-state index contributed by atoms with van der Waals surface area (Å²) in [6.07, 6.45) is 4.16. The molecule has 7 heteroatoms. The molecule has 0 saturated carbocycles. The van der Waals surface area contributed by atoms with E-state index in [1.165, 1.54) is 0 Å². The predicted molar refractivity (Wildman–Crippen MR) is 93.8 cm³/mol. The standard InChI is InChI=1S/C18H24N4O3/c1-21(18(23)8-15-13-25-7-6-19-15)11-14-10-20-22(12-14)16-4-3-5-17(9-16)24-2/h3-5,9-10,12,15,19H,6-8,11,13H2,1-2H3/t15-/m1/s1. The van der Waals surface area contributed by atoms with E-state index in [9.17, 15) is 4.79 Å². The monoisotopic (exact) mass is 344 g/mol. The molecule has 0 aliphatic carbocycles. The second-order valence-electron chi connectivity index (χ2n) is 6.17. The minimum Gasteiger partial charge on any atom is -0.497 e. The fourth-order valence-corrected chi connectivity index (χ4v) is 2.82. The number of carbonyl (C=O) groups is 1. The summed E-state index contributed by atoms with van der Waals surface area (Å²) in [5.41, 5.74) is 1.90. The van der Waals surface area contributed by atoms with Crippen molar-refractivity contribution in [3.63, 3.8) is 0 Å². The van der Waals surface area contributed by atoms with Crippen LogP contribution in [0.4, 0.5) is 0 Å². The number of hydrogen-bond donors (Lipinski definition) is 1. The van der Waals surface area contributed by atoms with Crippen LogP contribution in [0, 0.1) is 0 Å². The van der Waals surface area contributed by atoms with Crippen LogP contribution in [-0.4, -0.2) is 60.5 Å². The Morgan fingerprint density at radius 1 is 1.52 bits per heavy atom. The van der Waals surface area contributed by atoms with E-state index in [1.54, 1.807) is 22.9 Å². The highest BCUT2D eigenvalue weighted by atomic mass is 16.5. The Balaban J connectivity index is 1.59. The molecule has 7 nitrogen and oxygen atoms in total. The third-order valence-electron chi connectivity index (χ3n) is 4.22. The average Bonchev–Trinajstić information content (AvgIpc) is 3.11. The molecule has 3 rings (SSSR count). The minimum atomic E-state index is 0.0946. The van der Waals surface area contributed by atoms with Gasteiger partial charge in [0.05, 0.1) is 32.2 Å². The number of ether oxygens (including phenoxy) is 2. The molecule has 1 saturated heterocycles. The van der Waals surface area contributed by atoms with Gasteiger partial charge in [0.2, 0.25) is 5.91 Å². The van der Waals surface area contributed by atoms with Crippen molar-refractivity contribution in [2.45, 2.75) is 19.0 Å². The van der Waals surface area contributed by atoms with Gasteiger partial charge in [-0.05, 0) is 12.1 Å². The number of morpholine rings is 1. The number of rotatable bonds is 6. The maximum Gasteiger partial charge on any atom is 0.224 e. The molecule has 1 aliphatic heterocycles. The van der Waals surface area contributed by atoms with Crippen LogP contribution < -0.4 is 10.1 Å². The van der Waals surface area contributed by atoms with Crippen LogP contribution >= 0.6 is 0 Å². The van der Waals surface area contributed by atoms with E-state index in [4.69, 9.17) is 9.47 Å². The van der Waals surface area contributed by atoms with Crippen molar-refractivity contribution in [1.82, 2.24) is 20.0 Å². The van der Waals surface area contributed by atoms with Gasteiger partial charge in [0, 0.05) is 50.4 Å². The topological polar surface area (TPSA) is 68.6 Å². The van der Waals surface area contributed by atoms with Crippen LogP contribution in [0.1, 0.15) is 12.0 Å². The number of nitrogens with zero attached hydrogens (tertiary/aromatic N) is 3. The van der Waals surface area contributed by atoms with Gasteiger partial charge in [-0.3, -0.25) is 4.79 Å². The van der Waals surface area contributed by atoms with E-state index < -0.39 is 0 Å². The number of aromatic nitrogens is 2. The van der Waals surface area contributed by atoms with E-state index in [-0.39, 0.29) is 11.9 Å². The van der Waals surface area contributed by atoms with E-state index in [0.717, 1.165) is 23.5 Å². The third-order valence-corrected chi connectivity index (χ3v) is 4.22. The van der Waals surface area contributed by atoms with Crippen LogP contribution in [0.3, 0.4) is 0 Å². The maximum atomic E-state index is 12.4. The molecule has 2 aromatic rings. The van der Waals surface area contributed by atoms with E-state index >= 15 is 0 Å². The van der Waals surface area contributed by atoms with Crippen molar-refractivity contribution in [3.8, 4) is 11.4 Å². The third kappa shape index (κ3) is 4.58. The Hall–Kier alpha value is -2.38. The molecule has 1 aliphatic rings. The van der Waals surface area contributed by atoms with E-state index in [2.05, 4.69) is 10.4 Å². The van der Waals surface area contributed by atoms with Gasteiger partial charge in [0.25, 0.3) is 0 Å². The first kappa shape index (κ1) is 17.4. The van der Waals surface area contributed by atoms with Crippen molar-refractivity contribution in [2.75, 3.05) is 33.9 Å². The highest BCUT2D eigenvalue weighted by Crippen LogP contribution is 2.16. The Labute approximate surface area is 147 Å². The lowest BCUT2D eigenvalue weighted by Gasteiger charge is -2.25. The number of nitrogens with one attached hydrogen (secondary N) is 1. The van der Waals surface area contributed by atoms with Crippen molar-refractivity contribution in [1.29, 1.82) is 0 Å². The van der Waals surface area contributed by atoms with Crippen molar-refractivity contribution < 1.29 is 14.3 Å². The summed E-state index contributed by atoms with van der Waals surface area (Å²) in [5.74, 6) is 0.876. The highest BCUT2D eigenvalue weighted by molar-refractivity contribution is 5.76. The number of carbonyl (C=O) groups excluding carboxylic acids is 1. The van der Waals surface area contributed by atoms with Gasteiger partial charge in [-0.25, -0.2) is 4.68 Å². The maximum absolute atomic E-state index is 12.4. The zero-order valence-electron chi connectivity index (χ0n) is 14.6. The molecule has 0 bridgehead atoms. The first-order chi connectivity index (χ1) is 12.2. The fourth-order valence-electron chi connectivity index (χ4n) is 2.82. The van der Waals surface area contributed by atoms with Gasteiger partial charge in [-0.1, -0.05) is 6.07 Å². The fraction of sp³-hybridized carbons (Fsp3) is 0.444. The van der Waals surface area contributed by atoms with Gasteiger partial charge in [-0.2, -0.15) is 5.10 Å². The molecule has 0 spiro atoms. The molecule has 25 heavy (non-hydrogen) atoms. The molecule has 1 aromatic heterocycles. The average molecular weight is 344 g/mol. The second-order valence-corrected chi connectivity index (χ2v) is 6.17. The van der Waals surface area contributed by atoms with Gasteiger partial charge in [-0.15, -0.1) is 0 Å². The molecule has 1 amide bonds. The Morgan fingerprint density at radius 2 is 2.40 bits per heavy atom. The highest BCUT2D eigenvalue weighted by Gasteiger charge is 2.19. The number of benzene rings is 1. The molecule has 0 radical (unpaired) electrons. The van der Waals surface area contributed by atoms with Crippen molar-refractivity contribution in [2.24, 2.45) is 0 Å². The van der Waals surface area contributed by atoms with Crippen LogP contribution in [0.25, 0.3) is 5.69 Å². The summed E-state index contributed by atoms with van der Waals surface area (Å²) in [6.45, 7) is 2.63. The van der Waals surface area contributed by atoms with Gasteiger partial charge >= 0.3 is 0 Å². The molecular formula is C18H24N4O3. The zero-order chi connectivity index (χ0) is 17.6. The van der Waals surface area contributed by atoms with E-state index in [0.29, 0.717) is 26.2 Å². The van der Waals surface area contributed by atoms with Gasteiger partial charge in [0.15, 0.2) is 0 Å². The Kier molecular flexibility index (Phi) is 5.67. The molecule has 134 valence electrons. The largest absolute Gasteiger partial charge is 0.497 e. The smallest absolute Gasteiger partial charge is 0.224 e. The van der Waals surface area contributed by atoms with Crippen LogP contribution in [0.2, 0.25) is 0 Å². The predicted octanol–water partition coefficient (Wildman–Crippen LogP) is 1.22. The molecule has 0 unspecified atom stereocenters. The summed E-state index contributed by atoms with van der Waals surface area (Å²) in [5, 5.41) is 7.69. The summed E-state index contributed by atoms with van der Waals surface area (Å²) in [6, 6.07) is 7.79. The van der Waals surface area contributed by atoms with Crippen LogP contribution in [0.15, 0.2) is 36.7 Å². The summed E-state index contributed by atoms with van der Waals surface area (Å²) >= 11 is 0. The summed E-state index contributed by atoms with van der Waals surface area (Å²) < 4.78 is 12.4. The second kappa shape index (κ2) is 8.13. The zero-order valence-corrected chi connectivity index (χ0v) is 14.6. The SMILES string of the molecule is COc1cccc(-n2cc(CN(C)C(=O)C[C@@H]3COCCN3)cn2)c1. The van der Waals surface area contributed by atoms with Crippen LogP contribution in [0.5, 0.6) is 5.75 Å². The number of amides is 1. The molecule has 2 heterocycles. The molecule has 1 atom stereocenters.